The van der Waals surface area contributed by atoms with Gasteiger partial charge in [0.2, 0.25) is 11.8 Å². The van der Waals surface area contributed by atoms with Crippen molar-refractivity contribution in [3.63, 3.8) is 0 Å². The summed E-state index contributed by atoms with van der Waals surface area (Å²) >= 11 is 0. The molecule has 1 aliphatic rings. The lowest BCUT2D eigenvalue weighted by atomic mass is 10.0. The lowest BCUT2D eigenvalue weighted by Gasteiger charge is -2.37. The number of carbonyl (C=O) groups is 3. The Morgan fingerprint density at radius 2 is 1.60 bits per heavy atom. The first-order chi connectivity index (χ1) is 14.3. The van der Waals surface area contributed by atoms with Crippen molar-refractivity contribution >= 4 is 23.3 Å². The summed E-state index contributed by atoms with van der Waals surface area (Å²) in [6.45, 7) is 7.99. The minimum atomic E-state index is -0.300. The van der Waals surface area contributed by atoms with Crippen molar-refractivity contribution in [2.45, 2.75) is 33.2 Å². The number of nitrogens with one attached hydrogen (secondary N) is 1. The second-order valence-electron chi connectivity index (χ2n) is 7.82. The molecule has 0 spiro atoms. The fraction of sp³-hybridized carbons (Fsp3) is 0.375. The van der Waals surface area contributed by atoms with E-state index in [4.69, 9.17) is 0 Å². The Balaban J connectivity index is 1.50. The number of nitrogens with zero attached hydrogens (tertiary/aromatic N) is 2. The van der Waals surface area contributed by atoms with E-state index in [-0.39, 0.29) is 23.6 Å². The van der Waals surface area contributed by atoms with Crippen LogP contribution in [0.25, 0.3) is 0 Å². The first-order valence-corrected chi connectivity index (χ1v) is 10.3. The highest BCUT2D eigenvalue weighted by atomic mass is 16.2. The van der Waals surface area contributed by atoms with E-state index >= 15 is 0 Å². The van der Waals surface area contributed by atoms with Gasteiger partial charge in [0, 0.05) is 37.4 Å². The fourth-order valence-electron chi connectivity index (χ4n) is 3.64. The van der Waals surface area contributed by atoms with Gasteiger partial charge >= 0.3 is 0 Å². The molecule has 1 fully saturated rings. The lowest BCUT2D eigenvalue weighted by Crippen LogP contribution is -2.54. The van der Waals surface area contributed by atoms with Gasteiger partial charge in [-0.15, -0.1) is 0 Å². The number of aryl methyl sites for hydroxylation is 1. The minimum Gasteiger partial charge on any atom is -0.340 e. The molecule has 158 valence electrons. The van der Waals surface area contributed by atoms with E-state index in [1.165, 1.54) is 6.92 Å². The van der Waals surface area contributed by atoms with Gasteiger partial charge in [-0.25, -0.2) is 0 Å². The van der Waals surface area contributed by atoms with Crippen molar-refractivity contribution < 1.29 is 14.4 Å². The predicted octanol–water partition coefficient (Wildman–Crippen LogP) is 2.91. The maximum Gasteiger partial charge on any atom is 0.241 e. The second-order valence-corrected chi connectivity index (χ2v) is 7.82. The van der Waals surface area contributed by atoms with Crippen LogP contribution in [-0.4, -0.2) is 59.6 Å². The van der Waals surface area contributed by atoms with Gasteiger partial charge in [-0.2, -0.15) is 0 Å². The molecule has 0 aromatic heterocycles. The number of piperazine rings is 1. The zero-order valence-corrected chi connectivity index (χ0v) is 17.9. The number of ketones is 1. The van der Waals surface area contributed by atoms with E-state index < -0.39 is 0 Å². The number of benzene rings is 2. The van der Waals surface area contributed by atoms with Crippen molar-refractivity contribution in [1.29, 1.82) is 0 Å². The standard InChI is InChI=1S/C24H29N3O3/c1-17-6-4-5-7-21(17)16-23(29)27-14-12-26(13-15-27)18(2)24(30)25-22-10-8-20(9-11-22)19(3)28/h4-11,18H,12-16H2,1-3H3,(H,25,30). The summed E-state index contributed by atoms with van der Waals surface area (Å²) < 4.78 is 0. The SMILES string of the molecule is CC(=O)c1ccc(NC(=O)C(C)N2CCN(C(=O)Cc3ccccc3C)CC2)cc1. The number of Topliss-reactive ketones (excluding diaryl/α,β-unsaturated/α-hetero) is 1. The fourth-order valence-corrected chi connectivity index (χ4v) is 3.64. The topological polar surface area (TPSA) is 69.7 Å². The molecule has 0 bridgehead atoms. The van der Waals surface area contributed by atoms with Crippen molar-refractivity contribution in [1.82, 2.24) is 9.80 Å². The smallest absolute Gasteiger partial charge is 0.241 e. The minimum absolute atomic E-state index is 0.00362. The summed E-state index contributed by atoms with van der Waals surface area (Å²) in [5.74, 6) is 0.0352. The summed E-state index contributed by atoms with van der Waals surface area (Å²) in [5, 5.41) is 2.91. The quantitative estimate of drug-likeness (QED) is 0.748. The van der Waals surface area contributed by atoms with Gasteiger partial charge in [0.15, 0.2) is 5.78 Å². The van der Waals surface area contributed by atoms with Crippen LogP contribution < -0.4 is 5.32 Å². The molecule has 2 aromatic carbocycles. The number of hydrogen-bond donors (Lipinski definition) is 1. The molecule has 2 aromatic rings. The Morgan fingerprint density at radius 3 is 2.20 bits per heavy atom. The number of amides is 2. The molecule has 0 saturated carbocycles. The van der Waals surface area contributed by atoms with E-state index in [2.05, 4.69) is 10.2 Å². The van der Waals surface area contributed by atoms with Gasteiger partial charge in [-0.3, -0.25) is 19.3 Å². The Morgan fingerprint density at radius 1 is 0.967 bits per heavy atom. The monoisotopic (exact) mass is 407 g/mol. The van der Waals surface area contributed by atoms with E-state index in [1.54, 1.807) is 24.3 Å². The zero-order chi connectivity index (χ0) is 21.7. The van der Waals surface area contributed by atoms with Gasteiger partial charge < -0.3 is 10.2 Å². The third-order valence-corrected chi connectivity index (χ3v) is 5.76. The normalized spacial score (nSPS) is 15.5. The molecule has 1 heterocycles. The Labute approximate surface area is 177 Å². The van der Waals surface area contributed by atoms with Crippen LogP contribution in [0.15, 0.2) is 48.5 Å². The van der Waals surface area contributed by atoms with Crippen LogP contribution in [0, 0.1) is 6.92 Å². The van der Waals surface area contributed by atoms with Crippen molar-refractivity contribution in [2.24, 2.45) is 0 Å². The molecule has 1 saturated heterocycles. The molecule has 30 heavy (non-hydrogen) atoms. The van der Waals surface area contributed by atoms with Crippen molar-refractivity contribution in [3.05, 3.63) is 65.2 Å². The molecule has 1 N–H and O–H groups in total. The Hall–Kier alpha value is -2.99. The van der Waals surface area contributed by atoms with E-state index in [0.29, 0.717) is 43.9 Å². The van der Waals surface area contributed by atoms with Gasteiger partial charge in [0.1, 0.15) is 0 Å². The highest BCUT2D eigenvalue weighted by Gasteiger charge is 2.27. The van der Waals surface area contributed by atoms with Crippen molar-refractivity contribution in [2.75, 3.05) is 31.5 Å². The van der Waals surface area contributed by atoms with E-state index in [9.17, 15) is 14.4 Å². The van der Waals surface area contributed by atoms with Crippen molar-refractivity contribution in [3.8, 4) is 0 Å². The second kappa shape index (κ2) is 9.67. The van der Waals surface area contributed by atoms with E-state index in [1.807, 2.05) is 43.0 Å². The summed E-state index contributed by atoms with van der Waals surface area (Å²) in [4.78, 5) is 40.6. The van der Waals surface area contributed by atoms with Gasteiger partial charge in [0.05, 0.1) is 12.5 Å². The molecule has 3 rings (SSSR count). The number of hydrogen-bond acceptors (Lipinski definition) is 4. The molecule has 2 amide bonds. The van der Waals surface area contributed by atoms with Crippen LogP contribution in [0.4, 0.5) is 5.69 Å². The molecular formula is C24H29N3O3. The van der Waals surface area contributed by atoms with Crippen LogP contribution in [0.3, 0.4) is 0 Å². The molecule has 1 aliphatic heterocycles. The van der Waals surface area contributed by atoms with Crippen LogP contribution in [0.5, 0.6) is 0 Å². The molecule has 1 unspecified atom stereocenters. The third-order valence-electron chi connectivity index (χ3n) is 5.76. The molecule has 0 aliphatic carbocycles. The molecule has 1 atom stereocenters. The number of carbonyl (C=O) groups excluding carboxylic acids is 3. The number of rotatable bonds is 6. The third kappa shape index (κ3) is 5.33. The van der Waals surface area contributed by atoms with Crippen LogP contribution in [-0.2, 0) is 16.0 Å². The van der Waals surface area contributed by atoms with Crippen LogP contribution in [0.2, 0.25) is 0 Å². The highest BCUT2D eigenvalue weighted by Crippen LogP contribution is 2.14. The lowest BCUT2D eigenvalue weighted by molar-refractivity contribution is -0.133. The number of anilines is 1. The summed E-state index contributed by atoms with van der Waals surface area (Å²) in [6, 6.07) is 14.6. The maximum absolute atomic E-state index is 12.7. The first-order valence-electron chi connectivity index (χ1n) is 10.3. The molecular weight excluding hydrogens is 378 g/mol. The highest BCUT2D eigenvalue weighted by molar-refractivity contribution is 5.97. The first kappa shape index (κ1) is 21.7. The summed E-state index contributed by atoms with van der Waals surface area (Å²) in [7, 11) is 0. The Bertz CT molecular complexity index is 916. The molecule has 6 nitrogen and oxygen atoms in total. The summed E-state index contributed by atoms with van der Waals surface area (Å²) in [5.41, 5.74) is 3.48. The average molecular weight is 408 g/mol. The van der Waals surface area contributed by atoms with Gasteiger partial charge in [-0.05, 0) is 56.2 Å². The maximum atomic E-state index is 12.7. The van der Waals surface area contributed by atoms with E-state index in [0.717, 1.165) is 11.1 Å². The predicted molar refractivity (Wildman–Crippen MR) is 118 cm³/mol. The molecule has 6 heteroatoms. The largest absolute Gasteiger partial charge is 0.340 e. The summed E-state index contributed by atoms with van der Waals surface area (Å²) in [6.07, 6.45) is 0.416. The molecule has 0 radical (unpaired) electrons. The van der Waals surface area contributed by atoms with Crippen LogP contribution in [0.1, 0.15) is 35.3 Å². The van der Waals surface area contributed by atoms with Gasteiger partial charge in [-0.1, -0.05) is 24.3 Å². The van der Waals surface area contributed by atoms with Gasteiger partial charge in [0.25, 0.3) is 0 Å². The average Bonchev–Trinajstić information content (AvgIpc) is 2.75. The zero-order valence-electron chi connectivity index (χ0n) is 17.9. The Kier molecular flexibility index (Phi) is 7.00. The van der Waals surface area contributed by atoms with Crippen LogP contribution >= 0.6 is 0 Å².